The van der Waals surface area contributed by atoms with Crippen LogP contribution in [0.15, 0.2) is 54.3 Å². The molecule has 0 radical (unpaired) electrons. The maximum atomic E-state index is 11.4. The Hall–Kier alpha value is -1.89. The fourth-order valence-corrected chi connectivity index (χ4v) is 2.74. The fraction of sp³-hybridized carbons (Fsp3) is 0.476. The van der Waals surface area contributed by atoms with E-state index in [-0.39, 0.29) is 19.2 Å². The molecule has 0 aromatic heterocycles. The largest absolute Gasteiger partial charge is 0.497 e. The van der Waals surface area contributed by atoms with Crippen LogP contribution in [0.5, 0.6) is 0 Å². The average molecular weight is 393 g/mol. The molecule has 0 amide bonds. The van der Waals surface area contributed by atoms with Crippen molar-refractivity contribution in [2.24, 2.45) is 0 Å². The van der Waals surface area contributed by atoms with E-state index in [1.165, 1.54) is 7.11 Å². The first-order valence-corrected chi connectivity index (χ1v) is 12.8. The van der Waals surface area contributed by atoms with E-state index in [0.29, 0.717) is 19.8 Å². The van der Waals surface area contributed by atoms with Gasteiger partial charge < -0.3 is 18.9 Å². The topological polar surface area (TPSA) is 54.0 Å². The number of carbonyl (C=O) groups excluding carboxylic acids is 1. The molecule has 0 heterocycles. The van der Waals surface area contributed by atoms with Crippen molar-refractivity contribution < 1.29 is 23.7 Å². The van der Waals surface area contributed by atoms with Crippen LogP contribution in [0.2, 0.25) is 25.7 Å². The molecule has 1 aromatic carbocycles. The summed E-state index contributed by atoms with van der Waals surface area (Å²) in [6.07, 6.45) is 5.38. The lowest BCUT2D eigenvalue weighted by Crippen LogP contribution is -2.22. The summed E-state index contributed by atoms with van der Waals surface area (Å²) in [6.45, 7) is 8.71. The molecule has 0 fully saturated rings. The molecule has 0 atom stereocenters. The number of rotatable bonds is 13. The van der Waals surface area contributed by atoms with Crippen molar-refractivity contribution >= 4 is 14.0 Å². The zero-order valence-electron chi connectivity index (χ0n) is 16.9. The Balaban J connectivity index is 2.40. The van der Waals surface area contributed by atoms with Gasteiger partial charge in [0, 0.05) is 14.7 Å². The smallest absolute Gasteiger partial charge is 0.309 e. The second-order valence-electron chi connectivity index (χ2n) is 7.34. The summed E-state index contributed by atoms with van der Waals surface area (Å²) in [7, 11) is 0.283. The van der Waals surface area contributed by atoms with Crippen LogP contribution in [0.3, 0.4) is 0 Å². The van der Waals surface area contributed by atoms with Crippen LogP contribution >= 0.6 is 0 Å². The maximum absolute atomic E-state index is 11.4. The summed E-state index contributed by atoms with van der Waals surface area (Å²) in [4.78, 5) is 11.4. The average Bonchev–Trinajstić information content (AvgIpc) is 2.64. The summed E-state index contributed by atoms with van der Waals surface area (Å²) in [5, 5.41) is 0. The van der Waals surface area contributed by atoms with Gasteiger partial charge in [-0.05, 0) is 23.3 Å². The number of hydrogen-bond donors (Lipinski definition) is 0. The summed E-state index contributed by atoms with van der Waals surface area (Å²) in [5.74, 6) is -0.294. The van der Waals surface area contributed by atoms with E-state index in [4.69, 9.17) is 14.2 Å². The highest BCUT2D eigenvalue weighted by atomic mass is 28.3. The van der Waals surface area contributed by atoms with Crippen molar-refractivity contribution in [3.8, 4) is 0 Å². The van der Waals surface area contributed by atoms with E-state index >= 15 is 0 Å². The lowest BCUT2D eigenvalue weighted by atomic mass is 10.2. The first-order chi connectivity index (χ1) is 12.9. The second kappa shape index (κ2) is 13.3. The van der Waals surface area contributed by atoms with Crippen LogP contribution in [-0.2, 0) is 30.3 Å². The van der Waals surface area contributed by atoms with Gasteiger partial charge in [-0.25, -0.2) is 0 Å². The van der Waals surface area contributed by atoms with Gasteiger partial charge in [-0.15, -0.1) is 0 Å². The van der Waals surface area contributed by atoms with Gasteiger partial charge in [0.25, 0.3) is 0 Å². The van der Waals surface area contributed by atoms with Gasteiger partial charge in [-0.3, -0.25) is 4.79 Å². The Morgan fingerprint density at radius 2 is 1.85 bits per heavy atom. The van der Waals surface area contributed by atoms with Gasteiger partial charge in [0.15, 0.2) is 0 Å². The van der Waals surface area contributed by atoms with E-state index in [1.807, 2.05) is 30.3 Å². The lowest BCUT2D eigenvalue weighted by molar-refractivity contribution is -0.139. The van der Waals surface area contributed by atoms with Crippen LogP contribution in [0.4, 0.5) is 0 Å². The van der Waals surface area contributed by atoms with Crippen molar-refractivity contribution in [3.05, 3.63) is 59.9 Å². The third kappa shape index (κ3) is 13.0. The molecule has 27 heavy (non-hydrogen) atoms. The van der Waals surface area contributed by atoms with Gasteiger partial charge in [0.1, 0.15) is 13.4 Å². The minimum absolute atomic E-state index is 0.189. The molecule has 0 unspecified atom stereocenters. The quantitative estimate of drug-likeness (QED) is 0.123. The third-order valence-corrected chi connectivity index (χ3v) is 5.37. The van der Waals surface area contributed by atoms with E-state index in [2.05, 4.69) is 24.4 Å². The second-order valence-corrected chi connectivity index (χ2v) is 13.0. The van der Waals surface area contributed by atoms with Crippen molar-refractivity contribution in [1.82, 2.24) is 0 Å². The molecule has 6 heteroatoms. The highest BCUT2D eigenvalue weighted by Crippen LogP contribution is 2.08. The van der Waals surface area contributed by atoms with Crippen LogP contribution < -0.4 is 0 Å². The molecule has 0 bridgehead atoms. The molecule has 150 valence electrons. The number of esters is 1. The van der Waals surface area contributed by atoms with Crippen molar-refractivity contribution in [1.29, 1.82) is 0 Å². The van der Waals surface area contributed by atoms with Crippen LogP contribution in [0.25, 0.3) is 0 Å². The first kappa shape index (κ1) is 23.1. The molecule has 0 saturated carbocycles. The van der Waals surface area contributed by atoms with E-state index in [1.54, 1.807) is 18.4 Å². The molecule has 0 aliphatic carbocycles. The molecular formula is C21H32O5Si. The van der Waals surface area contributed by atoms with Crippen molar-refractivity contribution in [2.45, 2.75) is 38.7 Å². The van der Waals surface area contributed by atoms with E-state index < -0.39 is 8.07 Å². The highest BCUT2D eigenvalue weighted by molar-refractivity contribution is 6.76. The number of benzene rings is 1. The normalized spacial score (nSPS) is 12.4. The number of ether oxygens (including phenoxy) is 4. The number of carbonyl (C=O) groups is 1. The lowest BCUT2D eigenvalue weighted by Gasteiger charge is -2.15. The minimum atomic E-state index is -1.09. The highest BCUT2D eigenvalue weighted by Gasteiger charge is 2.11. The monoisotopic (exact) mass is 392 g/mol. The molecule has 0 aliphatic rings. The van der Waals surface area contributed by atoms with Crippen LogP contribution in [0, 0.1) is 0 Å². The molecule has 0 spiro atoms. The summed E-state index contributed by atoms with van der Waals surface area (Å²) < 4.78 is 21.3. The predicted octanol–water partition coefficient (Wildman–Crippen LogP) is 4.54. The minimum Gasteiger partial charge on any atom is -0.497 e. The molecule has 5 nitrogen and oxygen atoms in total. The van der Waals surface area contributed by atoms with Gasteiger partial charge in [-0.2, -0.15) is 0 Å². The molecule has 1 rings (SSSR count). The summed E-state index contributed by atoms with van der Waals surface area (Å²) in [6, 6.07) is 11.0. The predicted molar refractivity (Wildman–Crippen MR) is 110 cm³/mol. The third-order valence-electron chi connectivity index (χ3n) is 3.66. The van der Waals surface area contributed by atoms with Crippen molar-refractivity contribution in [2.75, 3.05) is 27.1 Å². The van der Waals surface area contributed by atoms with Gasteiger partial charge in [-0.1, -0.05) is 56.0 Å². The molecule has 0 saturated heterocycles. The van der Waals surface area contributed by atoms with Gasteiger partial charge in [0.2, 0.25) is 0 Å². The maximum Gasteiger partial charge on any atom is 0.309 e. The molecular weight excluding hydrogens is 360 g/mol. The molecule has 0 N–H and O–H groups in total. The SMILES string of the molecule is COC(=O)C/C=C(/C=C/OCc1ccccc1)COCOCC[Si](C)(C)C. The Kier molecular flexibility index (Phi) is 11.4. The fourth-order valence-electron chi connectivity index (χ4n) is 1.98. The Morgan fingerprint density at radius 3 is 2.52 bits per heavy atom. The number of hydrogen-bond acceptors (Lipinski definition) is 5. The standard InChI is InChI=1S/C21H32O5Si/c1-23-21(22)11-10-20(17-26-18-25-14-15-27(2,3)4)12-13-24-16-19-8-6-5-7-9-19/h5-10,12-13H,11,14-18H2,1-4H3/b13-12+,20-10-. The zero-order chi connectivity index (χ0) is 20.0. The van der Waals surface area contributed by atoms with Crippen LogP contribution in [0.1, 0.15) is 12.0 Å². The zero-order valence-corrected chi connectivity index (χ0v) is 17.9. The Bertz CT molecular complexity index is 590. The summed E-state index contributed by atoms with van der Waals surface area (Å²) >= 11 is 0. The molecule has 0 aliphatic heterocycles. The Labute approximate surface area is 164 Å². The van der Waals surface area contributed by atoms with Crippen molar-refractivity contribution in [3.63, 3.8) is 0 Å². The van der Waals surface area contributed by atoms with E-state index in [0.717, 1.165) is 17.2 Å². The molecule has 1 aromatic rings. The van der Waals surface area contributed by atoms with Crippen LogP contribution in [-0.4, -0.2) is 41.2 Å². The number of methoxy groups -OCH3 is 1. The van der Waals surface area contributed by atoms with Gasteiger partial charge in [0.05, 0.1) is 26.4 Å². The summed E-state index contributed by atoms with van der Waals surface area (Å²) in [5.41, 5.74) is 1.93. The Morgan fingerprint density at radius 1 is 1.11 bits per heavy atom. The van der Waals surface area contributed by atoms with Gasteiger partial charge >= 0.3 is 5.97 Å². The first-order valence-electron chi connectivity index (χ1n) is 9.14. The van der Waals surface area contributed by atoms with E-state index in [9.17, 15) is 4.79 Å².